The number of hydrogen-bond donors (Lipinski definition) is 1. The van der Waals surface area contributed by atoms with Crippen molar-refractivity contribution < 1.29 is 4.79 Å². The molecule has 94 valence electrons. The highest BCUT2D eigenvalue weighted by molar-refractivity contribution is 9.11. The van der Waals surface area contributed by atoms with Crippen LogP contribution in [0.5, 0.6) is 0 Å². The molecule has 1 N–H and O–H groups in total. The van der Waals surface area contributed by atoms with Crippen molar-refractivity contribution in [2.45, 2.75) is 45.1 Å². The van der Waals surface area contributed by atoms with E-state index in [1.165, 1.54) is 19.3 Å². The van der Waals surface area contributed by atoms with Gasteiger partial charge in [0.25, 0.3) is 5.91 Å². The quantitative estimate of drug-likeness (QED) is 0.889. The molecule has 1 amide bonds. The fourth-order valence-electron chi connectivity index (χ4n) is 2.49. The lowest BCUT2D eigenvalue weighted by Crippen LogP contribution is -2.38. The van der Waals surface area contributed by atoms with E-state index < -0.39 is 0 Å². The Balaban J connectivity index is 1.90. The van der Waals surface area contributed by atoms with Gasteiger partial charge in [0.2, 0.25) is 0 Å². The van der Waals surface area contributed by atoms with Gasteiger partial charge < -0.3 is 5.32 Å². The summed E-state index contributed by atoms with van der Waals surface area (Å²) < 4.78 is 1.01. The van der Waals surface area contributed by atoms with Crippen molar-refractivity contribution in [3.05, 3.63) is 20.8 Å². The summed E-state index contributed by atoms with van der Waals surface area (Å²) in [5.74, 6) is 0.872. The average molecular weight is 316 g/mol. The fraction of sp³-hybridized carbons (Fsp3) is 0.615. The van der Waals surface area contributed by atoms with E-state index in [2.05, 4.69) is 28.2 Å². The third-order valence-electron chi connectivity index (χ3n) is 3.53. The number of nitrogens with one attached hydrogen (secondary N) is 1. The minimum atomic E-state index is 0.0775. The van der Waals surface area contributed by atoms with Crippen LogP contribution in [-0.2, 0) is 0 Å². The zero-order valence-corrected chi connectivity index (χ0v) is 12.4. The van der Waals surface area contributed by atoms with E-state index in [0.717, 1.165) is 28.1 Å². The summed E-state index contributed by atoms with van der Waals surface area (Å²) in [6.07, 6.45) is 6.08. The first-order chi connectivity index (χ1) is 8.19. The number of thiophene rings is 1. The molecule has 0 spiro atoms. The summed E-state index contributed by atoms with van der Waals surface area (Å²) in [6, 6.07) is 2.26. The van der Waals surface area contributed by atoms with Crippen LogP contribution in [0.4, 0.5) is 0 Å². The Hall–Kier alpha value is -0.350. The molecule has 1 fully saturated rings. The lowest BCUT2D eigenvalue weighted by atomic mass is 9.84. The maximum absolute atomic E-state index is 12.0. The molecule has 0 bridgehead atoms. The Morgan fingerprint density at radius 3 is 3.06 bits per heavy atom. The summed E-state index contributed by atoms with van der Waals surface area (Å²) in [4.78, 5) is 12.0. The highest BCUT2D eigenvalue weighted by Gasteiger charge is 2.22. The molecule has 1 aliphatic carbocycles. The molecule has 1 saturated carbocycles. The van der Waals surface area contributed by atoms with Crippen molar-refractivity contribution in [2.75, 3.05) is 0 Å². The highest BCUT2D eigenvalue weighted by Crippen LogP contribution is 2.27. The smallest absolute Gasteiger partial charge is 0.252 e. The standard InChI is InChI=1S/C13H18BrNOS/c1-2-9-4-3-5-11(6-9)15-13(16)10-7-12(14)17-8-10/h7-9,11H,2-6H2,1H3,(H,15,16). The van der Waals surface area contributed by atoms with Crippen LogP contribution in [0.15, 0.2) is 15.2 Å². The van der Waals surface area contributed by atoms with Gasteiger partial charge in [-0.25, -0.2) is 0 Å². The summed E-state index contributed by atoms with van der Waals surface area (Å²) in [7, 11) is 0. The van der Waals surface area contributed by atoms with E-state index in [-0.39, 0.29) is 5.91 Å². The van der Waals surface area contributed by atoms with Gasteiger partial charge in [0.05, 0.1) is 9.35 Å². The van der Waals surface area contributed by atoms with E-state index in [0.29, 0.717) is 6.04 Å². The van der Waals surface area contributed by atoms with Gasteiger partial charge in [0, 0.05) is 11.4 Å². The van der Waals surface area contributed by atoms with Crippen LogP contribution in [0.2, 0.25) is 0 Å². The minimum absolute atomic E-state index is 0.0775. The topological polar surface area (TPSA) is 29.1 Å². The molecule has 0 radical (unpaired) electrons. The Labute approximate surface area is 115 Å². The van der Waals surface area contributed by atoms with Crippen molar-refractivity contribution in [3.63, 3.8) is 0 Å². The number of amides is 1. The summed E-state index contributed by atoms with van der Waals surface area (Å²) in [5.41, 5.74) is 0.778. The fourth-order valence-corrected chi connectivity index (χ4v) is 3.63. The molecule has 4 heteroatoms. The molecule has 0 aromatic carbocycles. The highest BCUT2D eigenvalue weighted by atomic mass is 79.9. The number of carbonyl (C=O) groups excluding carboxylic acids is 1. The number of rotatable bonds is 3. The third kappa shape index (κ3) is 3.55. The zero-order valence-electron chi connectivity index (χ0n) is 10.0. The lowest BCUT2D eigenvalue weighted by Gasteiger charge is -2.28. The van der Waals surface area contributed by atoms with Crippen molar-refractivity contribution >= 4 is 33.2 Å². The molecule has 2 atom stereocenters. The van der Waals surface area contributed by atoms with Gasteiger partial charge in [-0.05, 0) is 40.8 Å². The van der Waals surface area contributed by atoms with E-state index >= 15 is 0 Å². The van der Waals surface area contributed by atoms with Crippen LogP contribution < -0.4 is 5.32 Å². The van der Waals surface area contributed by atoms with Gasteiger partial charge in [0.15, 0.2) is 0 Å². The van der Waals surface area contributed by atoms with Crippen molar-refractivity contribution in [3.8, 4) is 0 Å². The van der Waals surface area contributed by atoms with Gasteiger partial charge in [0.1, 0.15) is 0 Å². The summed E-state index contributed by atoms with van der Waals surface area (Å²) in [5, 5.41) is 5.06. The molecule has 0 aliphatic heterocycles. The molecule has 2 rings (SSSR count). The monoisotopic (exact) mass is 315 g/mol. The minimum Gasteiger partial charge on any atom is -0.349 e. The molecule has 1 aromatic rings. The largest absolute Gasteiger partial charge is 0.349 e. The van der Waals surface area contributed by atoms with Crippen molar-refractivity contribution in [1.82, 2.24) is 5.32 Å². The molecule has 0 saturated heterocycles. The first kappa shape index (κ1) is 13.1. The van der Waals surface area contributed by atoms with Crippen LogP contribution in [0.3, 0.4) is 0 Å². The van der Waals surface area contributed by atoms with Crippen LogP contribution in [0, 0.1) is 5.92 Å². The first-order valence-electron chi connectivity index (χ1n) is 6.24. The molecular weight excluding hydrogens is 298 g/mol. The van der Waals surface area contributed by atoms with Gasteiger partial charge in [-0.2, -0.15) is 0 Å². The second-order valence-corrected chi connectivity index (χ2v) is 7.04. The van der Waals surface area contributed by atoms with E-state index in [4.69, 9.17) is 0 Å². The van der Waals surface area contributed by atoms with Gasteiger partial charge in [-0.15, -0.1) is 11.3 Å². The number of hydrogen-bond acceptors (Lipinski definition) is 2. The first-order valence-corrected chi connectivity index (χ1v) is 7.91. The average Bonchev–Trinajstić information content (AvgIpc) is 2.76. The number of halogens is 1. The Morgan fingerprint density at radius 2 is 2.41 bits per heavy atom. The predicted molar refractivity (Wildman–Crippen MR) is 75.5 cm³/mol. The SMILES string of the molecule is CCC1CCCC(NC(=O)c2csc(Br)c2)C1. The normalized spacial score (nSPS) is 24.6. The predicted octanol–water partition coefficient (Wildman–Crippen LogP) is 4.21. The van der Waals surface area contributed by atoms with Crippen LogP contribution >= 0.6 is 27.3 Å². The maximum atomic E-state index is 12.0. The van der Waals surface area contributed by atoms with Crippen LogP contribution in [-0.4, -0.2) is 11.9 Å². The lowest BCUT2D eigenvalue weighted by molar-refractivity contribution is 0.0919. The molecule has 1 heterocycles. The Morgan fingerprint density at radius 1 is 1.59 bits per heavy atom. The van der Waals surface area contributed by atoms with Gasteiger partial charge in [-0.1, -0.05) is 26.2 Å². The maximum Gasteiger partial charge on any atom is 0.252 e. The molecule has 1 aliphatic rings. The van der Waals surface area contributed by atoms with Crippen LogP contribution in [0.1, 0.15) is 49.4 Å². The van der Waals surface area contributed by atoms with E-state index in [1.807, 2.05) is 11.4 Å². The molecule has 1 aromatic heterocycles. The summed E-state index contributed by atoms with van der Waals surface area (Å²) in [6.45, 7) is 2.24. The van der Waals surface area contributed by atoms with Crippen LogP contribution in [0.25, 0.3) is 0 Å². The van der Waals surface area contributed by atoms with Crippen molar-refractivity contribution in [1.29, 1.82) is 0 Å². The van der Waals surface area contributed by atoms with Crippen molar-refractivity contribution in [2.24, 2.45) is 5.92 Å². The Kier molecular flexibility index (Phi) is 4.62. The van der Waals surface area contributed by atoms with Gasteiger partial charge in [-0.3, -0.25) is 4.79 Å². The van der Waals surface area contributed by atoms with E-state index in [9.17, 15) is 4.79 Å². The molecular formula is C13H18BrNOS. The second kappa shape index (κ2) is 6.01. The van der Waals surface area contributed by atoms with Gasteiger partial charge >= 0.3 is 0 Å². The summed E-state index contributed by atoms with van der Waals surface area (Å²) >= 11 is 4.94. The third-order valence-corrected chi connectivity index (χ3v) is 5.03. The molecule has 2 nitrogen and oxygen atoms in total. The molecule has 17 heavy (non-hydrogen) atoms. The molecule has 2 unspecified atom stereocenters. The Bertz CT molecular complexity index is 391. The number of carbonyl (C=O) groups is 1. The zero-order chi connectivity index (χ0) is 12.3. The second-order valence-electron chi connectivity index (χ2n) is 4.75. The van der Waals surface area contributed by atoms with E-state index in [1.54, 1.807) is 11.3 Å².